The van der Waals surface area contributed by atoms with E-state index in [4.69, 9.17) is 4.74 Å². The van der Waals surface area contributed by atoms with E-state index in [2.05, 4.69) is 11.2 Å². The van der Waals surface area contributed by atoms with Crippen molar-refractivity contribution < 1.29 is 9.53 Å². The van der Waals surface area contributed by atoms with Crippen LogP contribution in [0.5, 0.6) is 5.75 Å². The third-order valence-electron chi connectivity index (χ3n) is 6.07. The Morgan fingerprint density at radius 1 is 1.10 bits per heavy atom. The number of carbonyl (C=O) groups is 1. The monoisotopic (exact) mass is 390 g/mol. The largest absolute Gasteiger partial charge is 0.482 e. The molecule has 1 saturated heterocycles. The molecule has 3 aromatic rings. The highest BCUT2D eigenvalue weighted by Gasteiger charge is 2.45. The van der Waals surface area contributed by atoms with E-state index in [1.807, 2.05) is 41.0 Å². The van der Waals surface area contributed by atoms with E-state index < -0.39 is 5.60 Å². The Balaban J connectivity index is 1.43. The number of rotatable bonds is 1. The summed E-state index contributed by atoms with van der Waals surface area (Å²) in [6, 6.07) is 11.1. The average molecular weight is 390 g/mol. The molecule has 7 nitrogen and oxygen atoms in total. The van der Waals surface area contributed by atoms with Gasteiger partial charge in [-0.15, -0.1) is 0 Å². The van der Waals surface area contributed by atoms with Crippen LogP contribution in [-0.2, 0) is 19.7 Å². The standard InChI is InChI=1S/C22H22N4O3/c1-24-14-15(7-8-19(24)27)21(28)26-11-9-22(10-12-26)17-13-23-25(2)20(17)16-5-3-4-6-18(16)29-22/h3-8,13-14H,9-12H2,1-2H3. The molecule has 1 spiro atoms. The molecule has 4 heterocycles. The Labute approximate surface area is 168 Å². The number of pyridine rings is 1. The van der Waals surface area contributed by atoms with Crippen LogP contribution in [0, 0.1) is 0 Å². The quantitative estimate of drug-likeness (QED) is 0.639. The van der Waals surface area contributed by atoms with Crippen molar-refractivity contribution in [3.63, 3.8) is 0 Å². The average Bonchev–Trinajstić information content (AvgIpc) is 3.13. The maximum absolute atomic E-state index is 12.9. The van der Waals surface area contributed by atoms with E-state index in [9.17, 15) is 9.59 Å². The summed E-state index contributed by atoms with van der Waals surface area (Å²) in [5.74, 6) is 0.805. The Kier molecular flexibility index (Phi) is 3.87. The maximum Gasteiger partial charge on any atom is 0.255 e. The smallest absolute Gasteiger partial charge is 0.255 e. The fraction of sp³-hybridized carbons (Fsp3) is 0.318. The molecule has 0 atom stereocenters. The van der Waals surface area contributed by atoms with Crippen molar-refractivity contribution in [1.29, 1.82) is 0 Å². The molecule has 5 rings (SSSR count). The number of fused-ring (bicyclic) bond motifs is 4. The number of amides is 1. The first-order valence-electron chi connectivity index (χ1n) is 9.75. The van der Waals surface area contributed by atoms with Crippen molar-refractivity contribution in [1.82, 2.24) is 19.2 Å². The van der Waals surface area contributed by atoms with Crippen LogP contribution in [0.3, 0.4) is 0 Å². The molecule has 0 N–H and O–H groups in total. The Morgan fingerprint density at radius 2 is 1.86 bits per heavy atom. The number of hydrogen-bond acceptors (Lipinski definition) is 4. The van der Waals surface area contributed by atoms with Crippen molar-refractivity contribution in [3.05, 3.63) is 70.3 Å². The third-order valence-corrected chi connectivity index (χ3v) is 6.07. The number of likely N-dealkylation sites (tertiary alicyclic amines) is 1. The minimum Gasteiger partial charge on any atom is -0.482 e. The first kappa shape index (κ1) is 17.7. The van der Waals surface area contributed by atoms with Gasteiger partial charge in [-0.3, -0.25) is 14.3 Å². The van der Waals surface area contributed by atoms with Crippen molar-refractivity contribution in [2.45, 2.75) is 18.4 Å². The fourth-order valence-corrected chi connectivity index (χ4v) is 4.45. The van der Waals surface area contributed by atoms with Crippen LogP contribution in [0.2, 0.25) is 0 Å². The van der Waals surface area contributed by atoms with Gasteiger partial charge in [0.05, 0.1) is 17.5 Å². The van der Waals surface area contributed by atoms with Crippen molar-refractivity contribution in [2.75, 3.05) is 13.1 Å². The molecule has 0 radical (unpaired) electrons. The minimum absolute atomic E-state index is 0.0573. The highest BCUT2D eigenvalue weighted by molar-refractivity contribution is 5.94. The lowest BCUT2D eigenvalue weighted by atomic mass is 9.81. The summed E-state index contributed by atoms with van der Waals surface area (Å²) in [5, 5.41) is 4.49. The Morgan fingerprint density at radius 3 is 2.62 bits per heavy atom. The molecule has 1 fully saturated rings. The number of aromatic nitrogens is 3. The number of ether oxygens (including phenoxy) is 1. The second-order valence-electron chi connectivity index (χ2n) is 7.78. The van der Waals surface area contributed by atoms with E-state index in [-0.39, 0.29) is 11.5 Å². The van der Waals surface area contributed by atoms with E-state index in [0.717, 1.165) is 22.6 Å². The Hall–Kier alpha value is -3.35. The van der Waals surface area contributed by atoms with Crippen LogP contribution in [0.1, 0.15) is 28.8 Å². The van der Waals surface area contributed by atoms with Crippen LogP contribution in [0.4, 0.5) is 0 Å². The van der Waals surface area contributed by atoms with Gasteiger partial charge in [0.25, 0.3) is 5.91 Å². The molecule has 0 aliphatic carbocycles. The topological polar surface area (TPSA) is 69.4 Å². The Bertz CT molecular complexity index is 1170. The fourth-order valence-electron chi connectivity index (χ4n) is 4.45. The van der Waals surface area contributed by atoms with E-state index in [0.29, 0.717) is 31.5 Å². The highest BCUT2D eigenvalue weighted by atomic mass is 16.5. The number of nitrogens with zero attached hydrogens (tertiary/aromatic N) is 4. The lowest BCUT2D eigenvalue weighted by Gasteiger charge is -2.44. The molecule has 1 aromatic carbocycles. The number of benzene rings is 1. The molecule has 2 aliphatic heterocycles. The summed E-state index contributed by atoms with van der Waals surface area (Å²) in [6.07, 6.45) is 4.88. The minimum atomic E-state index is -0.474. The zero-order valence-electron chi connectivity index (χ0n) is 16.5. The van der Waals surface area contributed by atoms with Gasteiger partial charge in [-0.2, -0.15) is 5.10 Å². The summed E-state index contributed by atoms with van der Waals surface area (Å²) in [5.41, 5.74) is 3.16. The summed E-state index contributed by atoms with van der Waals surface area (Å²) in [6.45, 7) is 1.16. The predicted octanol–water partition coefficient (Wildman–Crippen LogP) is 2.31. The number of piperidine rings is 1. The molecule has 2 aromatic heterocycles. The van der Waals surface area contributed by atoms with Gasteiger partial charge in [-0.05, 0) is 18.2 Å². The third kappa shape index (κ3) is 2.68. The normalized spacial score (nSPS) is 16.8. The van der Waals surface area contributed by atoms with Gasteiger partial charge < -0.3 is 14.2 Å². The molecule has 29 heavy (non-hydrogen) atoms. The molecule has 148 valence electrons. The van der Waals surface area contributed by atoms with Crippen LogP contribution in [-0.4, -0.2) is 38.2 Å². The van der Waals surface area contributed by atoms with Gasteiger partial charge in [-0.1, -0.05) is 12.1 Å². The van der Waals surface area contributed by atoms with E-state index in [1.54, 1.807) is 19.3 Å². The first-order chi connectivity index (χ1) is 14.0. The lowest BCUT2D eigenvalue weighted by molar-refractivity contribution is -0.00174. The molecular weight excluding hydrogens is 368 g/mol. The molecule has 7 heteroatoms. The van der Waals surface area contributed by atoms with Gasteiger partial charge >= 0.3 is 0 Å². The predicted molar refractivity (Wildman–Crippen MR) is 108 cm³/mol. The number of aryl methyl sites for hydroxylation is 2. The number of hydrogen-bond donors (Lipinski definition) is 0. The number of para-hydroxylation sites is 1. The summed E-state index contributed by atoms with van der Waals surface area (Å²) in [4.78, 5) is 26.4. The van der Waals surface area contributed by atoms with Gasteiger partial charge in [0.1, 0.15) is 11.4 Å². The SMILES string of the molecule is Cn1ncc2c1-c1ccccc1OC21CCN(C(=O)c2ccc(=O)n(C)c2)CC1. The van der Waals surface area contributed by atoms with Crippen LogP contribution in [0.25, 0.3) is 11.3 Å². The molecule has 1 amide bonds. The van der Waals surface area contributed by atoms with E-state index in [1.165, 1.54) is 10.6 Å². The summed E-state index contributed by atoms with van der Waals surface area (Å²) >= 11 is 0. The van der Waals surface area contributed by atoms with Crippen molar-refractivity contribution in [3.8, 4) is 17.0 Å². The first-order valence-corrected chi connectivity index (χ1v) is 9.75. The number of carbonyl (C=O) groups excluding carboxylic acids is 1. The van der Waals surface area contributed by atoms with Gasteiger partial charge in [0, 0.05) is 63.4 Å². The van der Waals surface area contributed by atoms with Gasteiger partial charge in [0.15, 0.2) is 0 Å². The van der Waals surface area contributed by atoms with Crippen molar-refractivity contribution >= 4 is 5.91 Å². The maximum atomic E-state index is 12.9. The summed E-state index contributed by atoms with van der Waals surface area (Å²) in [7, 11) is 3.61. The molecule has 2 aliphatic rings. The molecule has 0 saturated carbocycles. The molecule has 0 bridgehead atoms. The zero-order valence-corrected chi connectivity index (χ0v) is 16.5. The second kappa shape index (κ2) is 6.34. The van der Waals surface area contributed by atoms with Crippen LogP contribution in [0.15, 0.2) is 53.6 Å². The highest BCUT2D eigenvalue weighted by Crippen LogP contribution is 2.49. The second-order valence-corrected chi connectivity index (χ2v) is 7.78. The molecule has 0 unspecified atom stereocenters. The van der Waals surface area contributed by atoms with Gasteiger partial charge in [-0.25, -0.2) is 0 Å². The van der Waals surface area contributed by atoms with E-state index >= 15 is 0 Å². The van der Waals surface area contributed by atoms with Crippen LogP contribution >= 0.6 is 0 Å². The van der Waals surface area contributed by atoms with Crippen LogP contribution < -0.4 is 10.3 Å². The molecular formula is C22H22N4O3. The zero-order chi connectivity index (χ0) is 20.2. The lowest BCUT2D eigenvalue weighted by Crippen LogP contribution is -2.49. The van der Waals surface area contributed by atoms with Crippen molar-refractivity contribution in [2.24, 2.45) is 14.1 Å². The summed E-state index contributed by atoms with van der Waals surface area (Å²) < 4.78 is 9.87. The van der Waals surface area contributed by atoms with Gasteiger partial charge in [0.2, 0.25) is 5.56 Å².